The van der Waals surface area contributed by atoms with Crippen LogP contribution in [0.3, 0.4) is 0 Å². The number of hydrogen-bond acceptors (Lipinski definition) is 5. The van der Waals surface area contributed by atoms with Crippen molar-refractivity contribution in [2.75, 3.05) is 29.2 Å². The maximum absolute atomic E-state index is 12.9. The molecule has 0 saturated carbocycles. The Balaban J connectivity index is 1.30. The van der Waals surface area contributed by atoms with E-state index in [1.54, 1.807) is 48.5 Å². The molecule has 0 radical (unpaired) electrons. The highest BCUT2D eigenvalue weighted by Crippen LogP contribution is 2.31. The van der Waals surface area contributed by atoms with Gasteiger partial charge in [-0.3, -0.25) is 14.4 Å². The summed E-state index contributed by atoms with van der Waals surface area (Å²) in [5.41, 5.74) is 4.62. The summed E-state index contributed by atoms with van der Waals surface area (Å²) in [4.78, 5) is 37.2. The molecule has 3 amide bonds. The molecule has 2 aliphatic heterocycles. The lowest BCUT2D eigenvalue weighted by molar-refractivity contribution is -0.116. The first-order valence-corrected chi connectivity index (χ1v) is 11.0. The van der Waals surface area contributed by atoms with Crippen molar-refractivity contribution in [3.05, 3.63) is 76.9 Å². The normalized spacial score (nSPS) is 14.0. The number of anilines is 3. The van der Waals surface area contributed by atoms with E-state index in [4.69, 9.17) is 9.47 Å². The first kappa shape index (κ1) is 21.5. The summed E-state index contributed by atoms with van der Waals surface area (Å²) in [6.07, 6.45) is 1.00. The molecule has 3 N–H and O–H groups in total. The minimum Gasteiger partial charge on any atom is -0.486 e. The van der Waals surface area contributed by atoms with Gasteiger partial charge in [-0.1, -0.05) is 6.07 Å². The van der Waals surface area contributed by atoms with E-state index in [0.717, 1.165) is 16.8 Å². The zero-order valence-electron chi connectivity index (χ0n) is 18.6. The van der Waals surface area contributed by atoms with Gasteiger partial charge in [-0.05, 0) is 73.0 Å². The summed E-state index contributed by atoms with van der Waals surface area (Å²) in [6, 6.07) is 15.6. The zero-order valence-corrected chi connectivity index (χ0v) is 18.6. The van der Waals surface area contributed by atoms with E-state index >= 15 is 0 Å². The number of fused-ring (bicyclic) bond motifs is 2. The molecular formula is C26H23N3O5. The molecular weight excluding hydrogens is 434 g/mol. The third kappa shape index (κ3) is 4.43. The van der Waals surface area contributed by atoms with Crippen LogP contribution in [0.5, 0.6) is 11.5 Å². The van der Waals surface area contributed by atoms with Gasteiger partial charge in [0.25, 0.3) is 11.8 Å². The maximum Gasteiger partial charge on any atom is 0.255 e. The molecule has 0 aliphatic carbocycles. The summed E-state index contributed by atoms with van der Waals surface area (Å²) < 4.78 is 11.1. The first-order chi connectivity index (χ1) is 16.5. The Labute approximate surface area is 196 Å². The van der Waals surface area contributed by atoms with Crippen LogP contribution in [0, 0.1) is 6.92 Å². The van der Waals surface area contributed by atoms with Crippen LogP contribution in [0.2, 0.25) is 0 Å². The second-order valence-electron chi connectivity index (χ2n) is 8.22. The van der Waals surface area contributed by atoms with Gasteiger partial charge in [0.2, 0.25) is 5.91 Å². The quantitative estimate of drug-likeness (QED) is 0.546. The number of nitrogens with one attached hydrogen (secondary N) is 3. The van der Waals surface area contributed by atoms with Crippen LogP contribution in [-0.2, 0) is 11.2 Å². The highest BCUT2D eigenvalue weighted by molar-refractivity contribution is 6.07. The van der Waals surface area contributed by atoms with Gasteiger partial charge in [-0.25, -0.2) is 0 Å². The van der Waals surface area contributed by atoms with Gasteiger partial charge < -0.3 is 25.4 Å². The van der Waals surface area contributed by atoms with Crippen molar-refractivity contribution in [3.8, 4) is 11.5 Å². The molecule has 2 heterocycles. The van der Waals surface area contributed by atoms with E-state index < -0.39 is 0 Å². The highest BCUT2D eigenvalue weighted by Gasteiger charge is 2.18. The number of carbonyl (C=O) groups excluding carboxylic acids is 3. The zero-order chi connectivity index (χ0) is 23.7. The molecule has 8 heteroatoms. The number of rotatable bonds is 4. The van der Waals surface area contributed by atoms with Crippen LogP contribution < -0.4 is 25.4 Å². The molecule has 3 aromatic rings. The molecule has 0 fully saturated rings. The monoisotopic (exact) mass is 457 g/mol. The summed E-state index contributed by atoms with van der Waals surface area (Å²) in [5.74, 6) is 0.580. The third-order valence-corrected chi connectivity index (χ3v) is 5.81. The van der Waals surface area contributed by atoms with Gasteiger partial charge in [-0.15, -0.1) is 0 Å². The lowest BCUT2D eigenvalue weighted by atomic mass is 10.00. The molecule has 34 heavy (non-hydrogen) atoms. The number of amides is 3. The Morgan fingerprint density at radius 1 is 0.824 bits per heavy atom. The standard InChI is InChI=1S/C26H23N3O5/c1-15-2-6-19(27-25(31)18-4-8-22-23(13-18)34-11-10-33-22)14-21(15)29-26(32)17-3-7-20-16(12-17)5-9-24(30)28-20/h2-4,6-8,12-14H,5,9-11H2,1H3,(H,27,31)(H,28,30)(H,29,32). The fraction of sp³-hybridized carbons (Fsp3) is 0.192. The molecule has 0 aromatic heterocycles. The number of ether oxygens (including phenoxy) is 2. The second kappa shape index (κ2) is 8.90. The van der Waals surface area contributed by atoms with Crippen molar-refractivity contribution in [2.24, 2.45) is 0 Å². The van der Waals surface area contributed by atoms with E-state index in [9.17, 15) is 14.4 Å². The predicted molar refractivity (Wildman–Crippen MR) is 128 cm³/mol. The van der Waals surface area contributed by atoms with Crippen molar-refractivity contribution < 1.29 is 23.9 Å². The largest absolute Gasteiger partial charge is 0.486 e. The first-order valence-electron chi connectivity index (χ1n) is 11.0. The summed E-state index contributed by atoms with van der Waals surface area (Å²) in [6.45, 7) is 2.81. The highest BCUT2D eigenvalue weighted by atomic mass is 16.6. The van der Waals surface area contributed by atoms with Crippen LogP contribution in [0.25, 0.3) is 0 Å². The third-order valence-electron chi connectivity index (χ3n) is 5.81. The topological polar surface area (TPSA) is 106 Å². The molecule has 2 aliphatic rings. The fourth-order valence-electron chi connectivity index (χ4n) is 3.94. The van der Waals surface area contributed by atoms with Gasteiger partial charge in [0.05, 0.1) is 0 Å². The Hall–Kier alpha value is -4.33. The summed E-state index contributed by atoms with van der Waals surface area (Å²) >= 11 is 0. The van der Waals surface area contributed by atoms with E-state index in [-0.39, 0.29) is 17.7 Å². The lowest BCUT2D eigenvalue weighted by Gasteiger charge is -2.19. The molecule has 0 unspecified atom stereocenters. The molecule has 0 spiro atoms. The van der Waals surface area contributed by atoms with Crippen LogP contribution in [-0.4, -0.2) is 30.9 Å². The van der Waals surface area contributed by atoms with E-state index in [1.165, 1.54) is 0 Å². The SMILES string of the molecule is Cc1ccc(NC(=O)c2ccc3c(c2)OCCO3)cc1NC(=O)c1ccc2c(c1)CCC(=O)N2. The minimum absolute atomic E-state index is 0.0181. The number of hydrogen-bond donors (Lipinski definition) is 3. The van der Waals surface area contributed by atoms with Crippen LogP contribution in [0.4, 0.5) is 17.1 Å². The Morgan fingerprint density at radius 3 is 2.41 bits per heavy atom. The van der Waals surface area contributed by atoms with Crippen molar-refractivity contribution in [1.82, 2.24) is 0 Å². The number of benzene rings is 3. The Bertz CT molecular complexity index is 1320. The van der Waals surface area contributed by atoms with Crippen molar-refractivity contribution >= 4 is 34.8 Å². The van der Waals surface area contributed by atoms with Gasteiger partial charge in [-0.2, -0.15) is 0 Å². The molecule has 8 nitrogen and oxygen atoms in total. The lowest BCUT2D eigenvalue weighted by Crippen LogP contribution is -2.20. The van der Waals surface area contributed by atoms with Gasteiger partial charge in [0.1, 0.15) is 13.2 Å². The Kier molecular flexibility index (Phi) is 5.63. The van der Waals surface area contributed by atoms with Crippen LogP contribution in [0.1, 0.15) is 38.3 Å². The molecule has 3 aromatic carbocycles. The number of aryl methyl sites for hydroxylation is 2. The van der Waals surface area contributed by atoms with Gasteiger partial charge in [0.15, 0.2) is 11.5 Å². The molecule has 0 atom stereocenters. The Morgan fingerprint density at radius 2 is 1.56 bits per heavy atom. The molecule has 0 saturated heterocycles. The second-order valence-corrected chi connectivity index (χ2v) is 8.22. The summed E-state index contributed by atoms with van der Waals surface area (Å²) in [5, 5.41) is 8.60. The average molecular weight is 457 g/mol. The van der Waals surface area contributed by atoms with Crippen molar-refractivity contribution in [1.29, 1.82) is 0 Å². The van der Waals surface area contributed by atoms with Crippen LogP contribution >= 0.6 is 0 Å². The van der Waals surface area contributed by atoms with Crippen molar-refractivity contribution in [3.63, 3.8) is 0 Å². The predicted octanol–water partition coefficient (Wildman–Crippen LogP) is 4.16. The van der Waals surface area contributed by atoms with E-state index in [0.29, 0.717) is 60.1 Å². The number of carbonyl (C=O) groups is 3. The molecule has 5 rings (SSSR count). The van der Waals surface area contributed by atoms with Crippen molar-refractivity contribution in [2.45, 2.75) is 19.8 Å². The summed E-state index contributed by atoms with van der Waals surface area (Å²) in [7, 11) is 0. The average Bonchev–Trinajstić information content (AvgIpc) is 2.85. The smallest absolute Gasteiger partial charge is 0.255 e. The minimum atomic E-state index is -0.296. The van der Waals surface area contributed by atoms with E-state index in [2.05, 4.69) is 16.0 Å². The maximum atomic E-state index is 12.9. The molecule has 0 bridgehead atoms. The van der Waals surface area contributed by atoms with Crippen LogP contribution in [0.15, 0.2) is 54.6 Å². The van der Waals surface area contributed by atoms with E-state index in [1.807, 2.05) is 13.0 Å². The van der Waals surface area contributed by atoms with Gasteiger partial charge >= 0.3 is 0 Å². The fourth-order valence-corrected chi connectivity index (χ4v) is 3.94. The van der Waals surface area contributed by atoms with Gasteiger partial charge in [0, 0.05) is 34.6 Å². The molecule has 172 valence electrons.